The van der Waals surface area contributed by atoms with Crippen molar-refractivity contribution in [1.82, 2.24) is 20.1 Å². The molecule has 1 aromatic heterocycles. The molecule has 2 heterocycles. The number of para-hydroxylation sites is 1. The molecule has 5 nitrogen and oxygen atoms in total. The highest BCUT2D eigenvalue weighted by atomic mass is 19.2. The summed E-state index contributed by atoms with van der Waals surface area (Å²) in [4.78, 5) is 22.7. The molecule has 3 aromatic rings. The highest BCUT2D eigenvalue weighted by Crippen LogP contribution is 2.29. The van der Waals surface area contributed by atoms with Crippen LogP contribution >= 0.6 is 0 Å². The number of likely N-dealkylation sites (tertiary alicyclic amines) is 1. The molecule has 7 heteroatoms. The van der Waals surface area contributed by atoms with E-state index in [0.717, 1.165) is 63.1 Å². The van der Waals surface area contributed by atoms with Crippen LogP contribution in [-0.2, 0) is 0 Å². The number of rotatable bonds is 9. The summed E-state index contributed by atoms with van der Waals surface area (Å²) in [7, 11) is 0. The molecular weight excluding hydrogens is 434 g/mol. The Hall–Kier alpha value is -2.90. The summed E-state index contributed by atoms with van der Waals surface area (Å²) < 4.78 is 27.4. The predicted octanol–water partition coefficient (Wildman–Crippen LogP) is 4.72. The van der Waals surface area contributed by atoms with Crippen LogP contribution in [0.5, 0.6) is 0 Å². The number of likely N-dealkylation sites (N-methyl/N-ethyl adjacent to an activating group) is 1. The minimum atomic E-state index is -0.935. The van der Waals surface area contributed by atoms with Crippen LogP contribution in [0, 0.1) is 11.6 Å². The summed E-state index contributed by atoms with van der Waals surface area (Å²) in [5, 5.41) is 4.29. The maximum absolute atomic E-state index is 13.9. The molecule has 0 bridgehead atoms. The first-order valence-electron chi connectivity index (χ1n) is 12.1. The van der Waals surface area contributed by atoms with Gasteiger partial charge in [-0.05, 0) is 56.3 Å². The lowest BCUT2D eigenvalue weighted by molar-refractivity contribution is 0.0737. The summed E-state index contributed by atoms with van der Waals surface area (Å²) in [6.45, 7) is 9.72. The number of aromatic nitrogens is 1. The Labute approximate surface area is 199 Å². The van der Waals surface area contributed by atoms with E-state index in [4.69, 9.17) is 0 Å². The minimum absolute atomic E-state index is 0.0459. The number of amides is 1. The predicted molar refractivity (Wildman–Crippen MR) is 132 cm³/mol. The Morgan fingerprint density at radius 2 is 1.91 bits per heavy atom. The smallest absolute Gasteiger partial charge is 0.254 e. The normalized spacial score (nSPS) is 16.0. The van der Waals surface area contributed by atoms with Gasteiger partial charge in [0.25, 0.3) is 5.91 Å². The first kappa shape index (κ1) is 24.2. The monoisotopic (exact) mass is 466 g/mol. The fourth-order valence-corrected chi connectivity index (χ4v) is 4.67. The zero-order valence-corrected chi connectivity index (χ0v) is 19.9. The molecule has 1 atom stereocenters. The van der Waals surface area contributed by atoms with Crippen molar-refractivity contribution in [3.05, 3.63) is 65.7 Å². The lowest BCUT2D eigenvalue weighted by Gasteiger charge is -2.26. The van der Waals surface area contributed by atoms with E-state index in [1.54, 1.807) is 6.07 Å². The number of hydrogen-bond acceptors (Lipinski definition) is 4. The van der Waals surface area contributed by atoms with Crippen LogP contribution in [0.1, 0.15) is 37.0 Å². The number of halogens is 2. The van der Waals surface area contributed by atoms with Gasteiger partial charge in [0, 0.05) is 43.2 Å². The Kier molecular flexibility index (Phi) is 7.85. The molecule has 1 fully saturated rings. The third kappa shape index (κ3) is 5.26. The van der Waals surface area contributed by atoms with Gasteiger partial charge in [-0.25, -0.2) is 13.8 Å². The summed E-state index contributed by atoms with van der Waals surface area (Å²) in [6.07, 6.45) is 1.93. The molecule has 1 N–H and O–H groups in total. The van der Waals surface area contributed by atoms with E-state index in [1.807, 2.05) is 29.2 Å². The lowest BCUT2D eigenvalue weighted by Crippen LogP contribution is -2.43. The fourth-order valence-electron chi connectivity index (χ4n) is 4.67. The maximum atomic E-state index is 13.9. The van der Waals surface area contributed by atoms with Gasteiger partial charge < -0.3 is 15.1 Å². The number of hydrogen-bond donors (Lipinski definition) is 1. The zero-order valence-electron chi connectivity index (χ0n) is 19.9. The molecule has 0 saturated carbocycles. The Bertz CT molecular complexity index is 1150. The van der Waals surface area contributed by atoms with Crippen LogP contribution in [-0.4, -0.2) is 66.0 Å². The molecule has 180 valence electrons. The van der Waals surface area contributed by atoms with Crippen LogP contribution in [0.15, 0.2) is 48.5 Å². The van der Waals surface area contributed by atoms with Gasteiger partial charge in [0.2, 0.25) is 0 Å². The quantitative estimate of drug-likeness (QED) is 0.464. The van der Waals surface area contributed by atoms with Crippen molar-refractivity contribution in [3.63, 3.8) is 0 Å². The number of nitrogens with zero attached hydrogens (tertiary/aromatic N) is 3. The van der Waals surface area contributed by atoms with Crippen molar-refractivity contribution in [3.8, 4) is 11.3 Å². The molecule has 0 unspecified atom stereocenters. The molecule has 0 aliphatic carbocycles. The van der Waals surface area contributed by atoms with E-state index in [0.29, 0.717) is 28.9 Å². The zero-order chi connectivity index (χ0) is 24.1. The van der Waals surface area contributed by atoms with Crippen LogP contribution in [0.25, 0.3) is 22.2 Å². The van der Waals surface area contributed by atoms with Gasteiger partial charge in [-0.2, -0.15) is 0 Å². The number of benzene rings is 2. The average molecular weight is 467 g/mol. The van der Waals surface area contributed by atoms with Crippen molar-refractivity contribution in [2.45, 2.75) is 32.7 Å². The number of fused-ring (bicyclic) bond motifs is 1. The fraction of sp³-hybridized carbons (Fsp3) is 0.407. The second-order valence-electron chi connectivity index (χ2n) is 8.73. The van der Waals surface area contributed by atoms with E-state index in [9.17, 15) is 13.6 Å². The molecule has 4 rings (SSSR count). The lowest BCUT2D eigenvalue weighted by atomic mass is 10.0. The maximum Gasteiger partial charge on any atom is 0.254 e. The van der Waals surface area contributed by atoms with Crippen molar-refractivity contribution in [2.75, 3.05) is 39.3 Å². The Morgan fingerprint density at radius 3 is 2.68 bits per heavy atom. The highest BCUT2D eigenvalue weighted by Gasteiger charge is 2.30. The summed E-state index contributed by atoms with van der Waals surface area (Å²) >= 11 is 0. The second kappa shape index (κ2) is 11.0. The van der Waals surface area contributed by atoms with Gasteiger partial charge >= 0.3 is 0 Å². The molecule has 1 aliphatic heterocycles. The third-order valence-corrected chi connectivity index (χ3v) is 6.68. The third-order valence-electron chi connectivity index (χ3n) is 6.68. The largest absolute Gasteiger partial charge is 0.334 e. The standard InChI is InChI=1S/C27H32F2N4O/c1-3-32(4-2)15-13-30-18-20-8-7-14-33(20)27(34)22-17-26(19-11-12-23(28)24(29)16-19)31-25-10-6-5-9-21(22)25/h5-6,9-12,16-17,20,30H,3-4,7-8,13-15,18H2,1-2H3/t20-/m0/s1. The van der Waals surface area contributed by atoms with Crippen molar-refractivity contribution in [2.24, 2.45) is 0 Å². The van der Waals surface area contributed by atoms with Crippen molar-refractivity contribution < 1.29 is 13.6 Å². The van der Waals surface area contributed by atoms with E-state index >= 15 is 0 Å². The van der Waals surface area contributed by atoms with Gasteiger partial charge in [-0.1, -0.05) is 32.0 Å². The van der Waals surface area contributed by atoms with E-state index < -0.39 is 11.6 Å². The average Bonchev–Trinajstić information content (AvgIpc) is 3.33. The summed E-state index contributed by atoms with van der Waals surface area (Å²) in [5.41, 5.74) is 2.09. The number of pyridine rings is 1. The first-order chi connectivity index (χ1) is 16.5. The topological polar surface area (TPSA) is 48.5 Å². The van der Waals surface area contributed by atoms with Crippen LogP contribution in [0.4, 0.5) is 8.78 Å². The molecular formula is C27H32F2N4O. The van der Waals surface area contributed by atoms with Gasteiger partial charge in [0.05, 0.1) is 16.8 Å². The SMILES string of the molecule is CCN(CC)CCNC[C@@H]1CCCN1C(=O)c1cc(-c2ccc(F)c(F)c2)nc2ccccc12. The van der Waals surface area contributed by atoms with Crippen LogP contribution in [0.3, 0.4) is 0 Å². The first-order valence-corrected chi connectivity index (χ1v) is 12.1. The van der Waals surface area contributed by atoms with Crippen LogP contribution in [0.2, 0.25) is 0 Å². The van der Waals surface area contributed by atoms with Crippen molar-refractivity contribution in [1.29, 1.82) is 0 Å². The molecule has 1 aliphatic rings. The van der Waals surface area contributed by atoms with E-state index in [2.05, 4.69) is 29.0 Å². The molecule has 0 spiro atoms. The second-order valence-corrected chi connectivity index (χ2v) is 8.73. The summed E-state index contributed by atoms with van der Waals surface area (Å²) in [6, 6.07) is 13.0. The number of carbonyl (C=O) groups excluding carboxylic acids is 1. The van der Waals surface area contributed by atoms with E-state index in [-0.39, 0.29) is 11.9 Å². The molecule has 1 amide bonds. The molecule has 1 saturated heterocycles. The van der Waals surface area contributed by atoms with Gasteiger partial charge in [0.15, 0.2) is 11.6 Å². The molecule has 34 heavy (non-hydrogen) atoms. The van der Waals surface area contributed by atoms with Gasteiger partial charge in [-0.15, -0.1) is 0 Å². The highest BCUT2D eigenvalue weighted by molar-refractivity contribution is 6.07. The van der Waals surface area contributed by atoms with Gasteiger partial charge in [0.1, 0.15) is 0 Å². The Morgan fingerprint density at radius 1 is 1.12 bits per heavy atom. The number of carbonyl (C=O) groups is 1. The number of nitrogens with one attached hydrogen (secondary N) is 1. The minimum Gasteiger partial charge on any atom is -0.334 e. The molecule has 0 radical (unpaired) electrons. The Balaban J connectivity index is 1.58. The molecule has 2 aromatic carbocycles. The van der Waals surface area contributed by atoms with Crippen molar-refractivity contribution >= 4 is 16.8 Å². The van der Waals surface area contributed by atoms with E-state index in [1.165, 1.54) is 6.07 Å². The summed E-state index contributed by atoms with van der Waals surface area (Å²) in [5.74, 6) is -1.89. The van der Waals surface area contributed by atoms with Gasteiger partial charge in [-0.3, -0.25) is 4.79 Å². The van der Waals surface area contributed by atoms with Crippen LogP contribution < -0.4 is 5.32 Å².